The summed E-state index contributed by atoms with van der Waals surface area (Å²) in [4.78, 5) is 16.0. The summed E-state index contributed by atoms with van der Waals surface area (Å²) in [6, 6.07) is 13.2. The first-order valence-corrected chi connectivity index (χ1v) is 13.6. The minimum atomic E-state index is -3.46. The van der Waals surface area contributed by atoms with E-state index in [0.29, 0.717) is 29.2 Å². The Morgan fingerprint density at radius 2 is 2.06 bits per heavy atom. The van der Waals surface area contributed by atoms with Gasteiger partial charge in [-0.1, -0.05) is 18.2 Å². The summed E-state index contributed by atoms with van der Waals surface area (Å²) >= 11 is 1.40. The van der Waals surface area contributed by atoms with E-state index < -0.39 is 9.84 Å². The Morgan fingerprint density at radius 3 is 2.74 bits per heavy atom. The van der Waals surface area contributed by atoms with Crippen LogP contribution in [0, 0.1) is 17.1 Å². The monoisotopic (exact) mass is 513 g/mol. The fraction of sp³-hybridized carbons (Fsp3) is 0.280. The highest BCUT2D eigenvalue weighted by Gasteiger charge is 2.26. The molecule has 7 nitrogen and oxygen atoms in total. The van der Waals surface area contributed by atoms with Crippen LogP contribution in [0.25, 0.3) is 0 Å². The average Bonchev–Trinajstić information content (AvgIpc) is 3.14. The van der Waals surface area contributed by atoms with E-state index in [1.54, 1.807) is 12.1 Å². The van der Waals surface area contributed by atoms with Crippen LogP contribution in [-0.4, -0.2) is 39.1 Å². The van der Waals surface area contributed by atoms with Gasteiger partial charge in [0.1, 0.15) is 27.5 Å². The van der Waals surface area contributed by atoms with E-state index in [1.807, 2.05) is 6.07 Å². The lowest BCUT2D eigenvalue weighted by Crippen LogP contribution is -2.29. The minimum absolute atomic E-state index is 0.000463. The second kappa shape index (κ2) is 10.2. The molecule has 3 aromatic rings. The molecular weight excluding hydrogens is 489 g/mol. The summed E-state index contributed by atoms with van der Waals surface area (Å²) < 4.78 is 42.5. The zero-order valence-electron chi connectivity index (χ0n) is 19.3. The normalized spacial score (nSPS) is 13.7. The molecule has 1 N–H and O–H groups in total. The summed E-state index contributed by atoms with van der Waals surface area (Å²) in [7, 11) is -2.08. The summed E-state index contributed by atoms with van der Waals surface area (Å²) in [5.41, 5.74) is 2.81. The highest BCUT2D eigenvalue weighted by atomic mass is 32.2. The number of amides is 1. The van der Waals surface area contributed by atoms with Crippen LogP contribution >= 0.6 is 11.3 Å². The van der Waals surface area contributed by atoms with Crippen LogP contribution in [0.2, 0.25) is 0 Å². The standard InChI is InChI=1S/C25H24FN3O4S2/c1-33-21-11-16(6-7-23(21)35(2,31)32)12-24(30)28-25-19(13-27)20-15-29(9-8-22(20)34-25)14-17-4-3-5-18(26)10-17/h3-7,10-11H,8-9,12,14-15H2,1-2H3,(H,28,30). The lowest BCUT2D eigenvalue weighted by atomic mass is 10.0. The van der Waals surface area contributed by atoms with Crippen molar-refractivity contribution in [3.8, 4) is 11.8 Å². The van der Waals surface area contributed by atoms with Crippen molar-refractivity contribution in [1.82, 2.24) is 4.90 Å². The molecule has 0 bridgehead atoms. The molecule has 182 valence electrons. The molecule has 35 heavy (non-hydrogen) atoms. The summed E-state index contributed by atoms with van der Waals surface area (Å²) in [5.74, 6) is -0.409. The number of ether oxygens (including phenoxy) is 1. The largest absolute Gasteiger partial charge is 0.495 e. The second-order valence-corrected chi connectivity index (χ2v) is 11.5. The molecule has 1 aromatic heterocycles. The number of benzene rings is 2. The zero-order valence-corrected chi connectivity index (χ0v) is 20.9. The predicted molar refractivity (Wildman–Crippen MR) is 132 cm³/mol. The number of carbonyl (C=O) groups is 1. The number of hydrogen-bond acceptors (Lipinski definition) is 7. The van der Waals surface area contributed by atoms with Gasteiger partial charge in [-0.25, -0.2) is 12.8 Å². The molecule has 0 saturated carbocycles. The maximum Gasteiger partial charge on any atom is 0.229 e. The van der Waals surface area contributed by atoms with Gasteiger partial charge in [0.15, 0.2) is 9.84 Å². The van der Waals surface area contributed by atoms with Gasteiger partial charge in [0.05, 0.1) is 19.1 Å². The number of fused-ring (bicyclic) bond motifs is 1. The van der Waals surface area contributed by atoms with Crippen LogP contribution < -0.4 is 10.1 Å². The molecule has 1 aliphatic heterocycles. The Balaban J connectivity index is 1.48. The molecule has 1 amide bonds. The van der Waals surface area contributed by atoms with Gasteiger partial charge in [-0.05, 0) is 41.8 Å². The van der Waals surface area contributed by atoms with Gasteiger partial charge in [-0.15, -0.1) is 11.3 Å². The Bertz CT molecular complexity index is 1430. The number of hydrogen-bond donors (Lipinski definition) is 1. The van der Waals surface area contributed by atoms with Gasteiger partial charge in [0.2, 0.25) is 5.91 Å². The third kappa shape index (κ3) is 5.70. The van der Waals surface area contributed by atoms with Crippen molar-refractivity contribution in [3.63, 3.8) is 0 Å². The molecule has 2 heterocycles. The van der Waals surface area contributed by atoms with Crippen LogP contribution in [0.1, 0.15) is 27.1 Å². The molecule has 0 atom stereocenters. The van der Waals surface area contributed by atoms with Crippen molar-refractivity contribution in [3.05, 3.63) is 75.4 Å². The van der Waals surface area contributed by atoms with Crippen molar-refractivity contribution >= 4 is 32.1 Å². The summed E-state index contributed by atoms with van der Waals surface area (Å²) in [6.45, 7) is 1.89. The molecule has 0 radical (unpaired) electrons. The van der Waals surface area contributed by atoms with E-state index in [1.165, 1.54) is 42.7 Å². The Hall–Kier alpha value is -3.26. The third-order valence-electron chi connectivity index (χ3n) is 5.78. The molecule has 10 heteroatoms. The number of nitrogens with zero attached hydrogens (tertiary/aromatic N) is 2. The van der Waals surface area contributed by atoms with Crippen LogP contribution in [0.4, 0.5) is 9.39 Å². The van der Waals surface area contributed by atoms with E-state index in [-0.39, 0.29) is 28.8 Å². The van der Waals surface area contributed by atoms with E-state index in [9.17, 15) is 22.9 Å². The fourth-order valence-corrected chi connectivity index (χ4v) is 6.15. The predicted octanol–water partition coefficient (Wildman–Crippen LogP) is 3.91. The number of nitriles is 1. The number of carbonyl (C=O) groups excluding carboxylic acids is 1. The lowest BCUT2D eigenvalue weighted by Gasteiger charge is -2.27. The topological polar surface area (TPSA) is 99.5 Å². The van der Waals surface area contributed by atoms with E-state index in [4.69, 9.17) is 4.74 Å². The summed E-state index contributed by atoms with van der Waals surface area (Å²) in [6.07, 6.45) is 1.84. The van der Waals surface area contributed by atoms with Gasteiger partial charge in [0, 0.05) is 36.3 Å². The molecule has 0 aliphatic carbocycles. The number of nitrogens with one attached hydrogen (secondary N) is 1. The SMILES string of the molecule is COc1cc(CC(=O)Nc2sc3c(c2C#N)CN(Cc2cccc(F)c2)CC3)ccc1S(C)(=O)=O. The number of methoxy groups -OCH3 is 1. The van der Waals surface area contributed by atoms with Gasteiger partial charge < -0.3 is 10.1 Å². The van der Waals surface area contributed by atoms with Crippen molar-refractivity contribution < 1.29 is 22.3 Å². The summed E-state index contributed by atoms with van der Waals surface area (Å²) in [5, 5.41) is 13.2. The molecule has 0 fully saturated rings. The second-order valence-electron chi connectivity index (χ2n) is 8.39. The molecule has 4 rings (SSSR count). The van der Waals surface area contributed by atoms with Crippen molar-refractivity contribution in [2.24, 2.45) is 0 Å². The first kappa shape index (κ1) is 24.9. The molecule has 0 saturated heterocycles. The Kier molecular flexibility index (Phi) is 7.21. The van der Waals surface area contributed by atoms with E-state index >= 15 is 0 Å². The molecule has 1 aliphatic rings. The smallest absolute Gasteiger partial charge is 0.229 e. The minimum Gasteiger partial charge on any atom is -0.495 e. The first-order chi connectivity index (χ1) is 16.7. The van der Waals surface area contributed by atoms with Gasteiger partial charge >= 0.3 is 0 Å². The van der Waals surface area contributed by atoms with Crippen molar-refractivity contribution in [1.29, 1.82) is 5.26 Å². The quantitative estimate of drug-likeness (QED) is 0.514. The maximum atomic E-state index is 13.5. The first-order valence-electron chi connectivity index (χ1n) is 10.9. The average molecular weight is 514 g/mol. The van der Waals surface area contributed by atoms with Crippen molar-refractivity contribution in [2.75, 3.05) is 25.2 Å². The third-order valence-corrected chi connectivity index (χ3v) is 8.12. The van der Waals surface area contributed by atoms with Crippen molar-refractivity contribution in [2.45, 2.75) is 30.8 Å². The maximum absolute atomic E-state index is 13.5. The lowest BCUT2D eigenvalue weighted by molar-refractivity contribution is -0.115. The zero-order chi connectivity index (χ0) is 25.2. The molecule has 0 spiro atoms. The fourth-order valence-electron chi connectivity index (χ4n) is 4.16. The number of sulfone groups is 1. The number of halogens is 1. The molecular formula is C25H24FN3O4S2. The van der Waals surface area contributed by atoms with Gasteiger partial charge in [0.25, 0.3) is 0 Å². The van der Waals surface area contributed by atoms with Crippen LogP contribution in [0.15, 0.2) is 47.4 Å². The van der Waals surface area contributed by atoms with Gasteiger partial charge in [-0.2, -0.15) is 5.26 Å². The Morgan fingerprint density at radius 1 is 1.26 bits per heavy atom. The van der Waals surface area contributed by atoms with E-state index in [0.717, 1.165) is 35.2 Å². The van der Waals surface area contributed by atoms with E-state index in [2.05, 4.69) is 16.3 Å². The highest BCUT2D eigenvalue weighted by molar-refractivity contribution is 7.90. The Labute approximate surface area is 207 Å². The molecule has 2 aromatic carbocycles. The highest BCUT2D eigenvalue weighted by Crippen LogP contribution is 2.37. The van der Waals surface area contributed by atoms with Gasteiger partial charge in [-0.3, -0.25) is 9.69 Å². The molecule has 0 unspecified atom stereocenters. The van der Waals surface area contributed by atoms with Crippen LogP contribution in [0.5, 0.6) is 5.75 Å². The number of rotatable bonds is 7. The van der Waals surface area contributed by atoms with Crippen LogP contribution in [-0.2, 0) is 40.6 Å². The van der Waals surface area contributed by atoms with Crippen LogP contribution in [0.3, 0.4) is 0 Å². The number of anilines is 1. The number of thiophene rings is 1.